The number of ether oxygens (including phenoxy) is 2. The zero-order chi connectivity index (χ0) is 26.6. The van der Waals surface area contributed by atoms with Gasteiger partial charge in [-0.15, -0.1) is 0 Å². The first kappa shape index (κ1) is 29.3. The molecule has 0 bridgehead atoms. The first-order chi connectivity index (χ1) is 17.5. The molecule has 2 heterocycles. The maximum Gasteiger partial charge on any atom is 0.417 e. The number of oxazole rings is 1. The van der Waals surface area contributed by atoms with Crippen molar-refractivity contribution in [3.05, 3.63) is 64.1 Å². The SMILES string of the molecule is CC(C)(C)OC(=O)COc1cccc(C(CN2CC[C@H](O)C2)NC(=O)Cc2ccc3oc(=O)[nH]c3c2)c1.S. The molecule has 2 atom stereocenters. The highest BCUT2D eigenvalue weighted by atomic mass is 32.1. The monoisotopic (exact) mass is 545 g/mol. The summed E-state index contributed by atoms with van der Waals surface area (Å²) in [5, 5.41) is 13.1. The average Bonchev–Trinajstić information content (AvgIpc) is 3.39. The zero-order valence-electron chi connectivity index (χ0n) is 21.8. The summed E-state index contributed by atoms with van der Waals surface area (Å²) < 4.78 is 16.0. The summed E-state index contributed by atoms with van der Waals surface area (Å²) in [6, 6.07) is 12.0. The second kappa shape index (κ2) is 12.5. The lowest BCUT2D eigenvalue weighted by Crippen LogP contribution is -2.38. The number of hydrogen-bond acceptors (Lipinski definition) is 8. The van der Waals surface area contributed by atoms with Crippen molar-refractivity contribution in [3.63, 3.8) is 0 Å². The van der Waals surface area contributed by atoms with Crippen LogP contribution in [0.25, 0.3) is 11.1 Å². The smallest absolute Gasteiger partial charge is 0.417 e. The van der Waals surface area contributed by atoms with E-state index in [1.54, 1.807) is 57.2 Å². The summed E-state index contributed by atoms with van der Waals surface area (Å²) in [5.74, 6) is -0.726. The van der Waals surface area contributed by atoms with Crippen LogP contribution in [0.1, 0.15) is 44.4 Å². The number of hydrogen-bond donors (Lipinski definition) is 3. The van der Waals surface area contributed by atoms with E-state index in [4.69, 9.17) is 13.9 Å². The number of fused-ring (bicyclic) bond motifs is 1. The summed E-state index contributed by atoms with van der Waals surface area (Å²) in [6.45, 7) is 6.92. The second-order valence-electron chi connectivity index (χ2n) is 10.3. The number of nitrogens with zero attached hydrogens (tertiary/aromatic N) is 1. The summed E-state index contributed by atoms with van der Waals surface area (Å²) in [5.41, 5.74) is 1.91. The number of aromatic nitrogens is 1. The Morgan fingerprint density at radius 2 is 2.03 bits per heavy atom. The largest absolute Gasteiger partial charge is 0.482 e. The highest BCUT2D eigenvalue weighted by Gasteiger charge is 2.25. The number of aliphatic hydroxyl groups is 1. The maximum atomic E-state index is 13.0. The average molecular weight is 546 g/mol. The maximum absolute atomic E-state index is 13.0. The van der Waals surface area contributed by atoms with E-state index in [9.17, 15) is 19.5 Å². The van der Waals surface area contributed by atoms with Gasteiger partial charge in [0, 0.05) is 19.6 Å². The van der Waals surface area contributed by atoms with Crippen LogP contribution in [0.3, 0.4) is 0 Å². The summed E-state index contributed by atoms with van der Waals surface area (Å²) in [4.78, 5) is 41.2. The van der Waals surface area contributed by atoms with Crippen LogP contribution >= 0.6 is 13.5 Å². The standard InChI is InChI=1S/C27H33N3O7.H2S/c1-27(2,3)37-25(33)16-35-20-6-4-5-18(13-20)22(15-30-10-9-19(31)14-30)28-24(32)12-17-7-8-23-21(11-17)29-26(34)36-23;/h4-8,11,13,19,22,31H,9-10,12,14-16H2,1-3H3,(H,28,32)(H,29,34);1H2/t19-,22?;/m0./s1. The molecule has 1 aliphatic heterocycles. The number of H-pyrrole nitrogens is 1. The Balaban J connectivity index is 0.00000400. The molecule has 1 aliphatic rings. The molecule has 1 fully saturated rings. The van der Waals surface area contributed by atoms with Gasteiger partial charge in [0.1, 0.15) is 11.4 Å². The Labute approximate surface area is 227 Å². The molecule has 0 radical (unpaired) electrons. The molecule has 11 heteroatoms. The number of benzene rings is 2. The normalized spacial score (nSPS) is 16.6. The topological polar surface area (TPSA) is 134 Å². The molecule has 0 aliphatic carbocycles. The van der Waals surface area contributed by atoms with Gasteiger partial charge in [0.15, 0.2) is 12.2 Å². The number of nitrogens with one attached hydrogen (secondary N) is 2. The molecule has 1 saturated heterocycles. The molecule has 1 aromatic heterocycles. The number of aliphatic hydroxyl groups excluding tert-OH is 1. The van der Waals surface area contributed by atoms with E-state index in [2.05, 4.69) is 15.2 Å². The molecular weight excluding hydrogens is 510 g/mol. The lowest BCUT2D eigenvalue weighted by Gasteiger charge is -2.25. The molecule has 1 amide bonds. The van der Waals surface area contributed by atoms with Crippen molar-refractivity contribution in [2.24, 2.45) is 0 Å². The molecule has 1 unspecified atom stereocenters. The Morgan fingerprint density at radius 3 is 2.74 bits per heavy atom. The number of rotatable bonds is 9. The molecule has 10 nitrogen and oxygen atoms in total. The van der Waals surface area contributed by atoms with Gasteiger partial charge in [0.05, 0.1) is 24.1 Å². The molecule has 2 aromatic carbocycles. The predicted octanol–water partition coefficient (Wildman–Crippen LogP) is 2.42. The van der Waals surface area contributed by atoms with Gasteiger partial charge in [0.25, 0.3) is 0 Å². The fraction of sp³-hybridized carbons (Fsp3) is 0.444. The predicted molar refractivity (Wildman–Crippen MR) is 147 cm³/mol. The van der Waals surface area contributed by atoms with Gasteiger partial charge in [0.2, 0.25) is 5.91 Å². The van der Waals surface area contributed by atoms with E-state index < -0.39 is 17.3 Å². The number of esters is 1. The van der Waals surface area contributed by atoms with E-state index in [-0.39, 0.29) is 44.6 Å². The molecule has 3 aromatic rings. The zero-order valence-corrected chi connectivity index (χ0v) is 22.8. The van der Waals surface area contributed by atoms with Gasteiger partial charge in [-0.05, 0) is 62.6 Å². The van der Waals surface area contributed by atoms with Gasteiger partial charge in [-0.2, -0.15) is 13.5 Å². The molecule has 0 saturated carbocycles. The Morgan fingerprint density at radius 1 is 1.24 bits per heavy atom. The van der Waals surface area contributed by atoms with Crippen molar-refractivity contribution in [1.29, 1.82) is 0 Å². The highest BCUT2D eigenvalue weighted by molar-refractivity contribution is 7.59. The van der Waals surface area contributed by atoms with Crippen LogP contribution in [-0.2, 0) is 20.7 Å². The lowest BCUT2D eigenvalue weighted by molar-refractivity contribution is -0.157. The third-order valence-corrected chi connectivity index (χ3v) is 5.91. The van der Waals surface area contributed by atoms with E-state index in [1.807, 2.05) is 6.07 Å². The Kier molecular flexibility index (Phi) is 9.64. The van der Waals surface area contributed by atoms with Gasteiger partial charge in [-0.25, -0.2) is 9.59 Å². The fourth-order valence-electron chi connectivity index (χ4n) is 4.34. The Hall–Kier alpha value is -3.28. The van der Waals surface area contributed by atoms with Crippen LogP contribution in [0, 0.1) is 0 Å². The quantitative estimate of drug-likeness (QED) is 0.349. The first-order valence-electron chi connectivity index (χ1n) is 12.3. The van der Waals surface area contributed by atoms with Crippen molar-refractivity contribution in [2.45, 2.75) is 51.4 Å². The third-order valence-electron chi connectivity index (χ3n) is 5.91. The minimum Gasteiger partial charge on any atom is -0.482 e. The lowest BCUT2D eigenvalue weighted by atomic mass is 10.0. The second-order valence-corrected chi connectivity index (χ2v) is 10.3. The first-order valence-corrected chi connectivity index (χ1v) is 12.3. The molecular formula is C27H35N3O7S. The molecule has 3 N–H and O–H groups in total. The summed E-state index contributed by atoms with van der Waals surface area (Å²) >= 11 is 0. The summed E-state index contributed by atoms with van der Waals surface area (Å²) in [6.07, 6.45) is 0.406. The highest BCUT2D eigenvalue weighted by Crippen LogP contribution is 2.23. The van der Waals surface area contributed by atoms with Gasteiger partial charge in [-0.3, -0.25) is 14.7 Å². The van der Waals surface area contributed by atoms with Crippen LogP contribution in [0.4, 0.5) is 0 Å². The number of carbonyl (C=O) groups excluding carboxylic acids is 2. The third kappa shape index (κ3) is 8.37. The van der Waals surface area contributed by atoms with Crippen molar-refractivity contribution >= 4 is 36.5 Å². The summed E-state index contributed by atoms with van der Waals surface area (Å²) in [7, 11) is 0. The number of carbonyl (C=O) groups is 2. The van der Waals surface area contributed by atoms with E-state index >= 15 is 0 Å². The van der Waals surface area contributed by atoms with Gasteiger partial charge < -0.3 is 24.3 Å². The molecule has 0 spiro atoms. The number of amides is 1. The number of aromatic amines is 1. The van der Waals surface area contributed by atoms with Gasteiger partial charge in [-0.1, -0.05) is 18.2 Å². The van der Waals surface area contributed by atoms with Crippen LogP contribution in [0.2, 0.25) is 0 Å². The van der Waals surface area contributed by atoms with E-state index in [0.717, 1.165) is 17.7 Å². The fourth-order valence-corrected chi connectivity index (χ4v) is 4.34. The number of likely N-dealkylation sites (tertiary alicyclic amines) is 1. The molecule has 4 rings (SSSR count). The van der Waals surface area contributed by atoms with E-state index in [1.165, 1.54) is 0 Å². The Bertz CT molecular complexity index is 1310. The van der Waals surface area contributed by atoms with Crippen LogP contribution in [0.15, 0.2) is 51.7 Å². The molecule has 206 valence electrons. The minimum atomic E-state index is -0.602. The molecule has 38 heavy (non-hydrogen) atoms. The van der Waals surface area contributed by atoms with E-state index in [0.29, 0.717) is 36.4 Å². The van der Waals surface area contributed by atoms with Gasteiger partial charge >= 0.3 is 11.7 Å². The number of β-amino-alcohol motifs (C(OH)–C–C–N with tert-alkyl or cyclic N) is 1. The van der Waals surface area contributed by atoms with Crippen molar-refractivity contribution in [1.82, 2.24) is 15.2 Å². The van der Waals surface area contributed by atoms with Crippen LogP contribution in [-0.4, -0.2) is 64.8 Å². The van der Waals surface area contributed by atoms with Crippen LogP contribution < -0.4 is 15.8 Å². The van der Waals surface area contributed by atoms with Crippen molar-refractivity contribution in [2.75, 3.05) is 26.2 Å². The van der Waals surface area contributed by atoms with Crippen LogP contribution in [0.5, 0.6) is 5.75 Å². The minimum absolute atomic E-state index is 0. The van der Waals surface area contributed by atoms with Crippen molar-refractivity contribution in [3.8, 4) is 5.75 Å². The van der Waals surface area contributed by atoms with Crippen molar-refractivity contribution < 1.29 is 28.6 Å².